The molecule has 3 rings (SSSR count). The van der Waals surface area contributed by atoms with Crippen LogP contribution in [0.5, 0.6) is 0 Å². The van der Waals surface area contributed by atoms with Gasteiger partial charge in [0.25, 0.3) is 5.89 Å². The summed E-state index contributed by atoms with van der Waals surface area (Å²) in [5, 5.41) is 9.84. The van der Waals surface area contributed by atoms with Crippen molar-refractivity contribution in [1.29, 1.82) is 0 Å². The molecule has 0 aliphatic carbocycles. The Balaban J connectivity index is 1.59. The molecule has 2 aromatic heterocycles. The molecule has 24 heavy (non-hydrogen) atoms. The van der Waals surface area contributed by atoms with Gasteiger partial charge in [0.2, 0.25) is 15.9 Å². The third-order valence-electron chi connectivity index (χ3n) is 3.47. The zero-order valence-corrected chi connectivity index (χ0v) is 14.7. The zero-order valence-electron chi connectivity index (χ0n) is 13.1. The van der Waals surface area contributed by atoms with Crippen LogP contribution in [0.1, 0.15) is 18.4 Å². The molecule has 0 aliphatic rings. The maximum atomic E-state index is 12.2. The molecule has 126 valence electrons. The van der Waals surface area contributed by atoms with E-state index in [0.717, 1.165) is 16.9 Å². The first-order chi connectivity index (χ1) is 11.6. The Morgan fingerprint density at radius 2 is 1.96 bits per heavy atom. The number of rotatable bonds is 7. The fourth-order valence-corrected chi connectivity index (χ4v) is 3.81. The maximum Gasteiger partial charge on any atom is 0.257 e. The average Bonchev–Trinajstić information content (AvgIpc) is 3.26. The summed E-state index contributed by atoms with van der Waals surface area (Å²) >= 11 is 1.51. The van der Waals surface area contributed by atoms with Crippen LogP contribution in [0.4, 0.5) is 0 Å². The first-order valence-electron chi connectivity index (χ1n) is 7.53. The lowest BCUT2D eigenvalue weighted by molar-refractivity contribution is 0.503. The molecule has 0 atom stereocenters. The van der Waals surface area contributed by atoms with E-state index >= 15 is 0 Å². The van der Waals surface area contributed by atoms with E-state index < -0.39 is 10.0 Å². The third kappa shape index (κ3) is 3.89. The quantitative estimate of drug-likeness (QED) is 0.698. The Hall–Kier alpha value is -2.03. The predicted molar refractivity (Wildman–Crippen MR) is 92.3 cm³/mol. The molecule has 0 saturated heterocycles. The number of aromatic nitrogens is 2. The highest BCUT2D eigenvalue weighted by Crippen LogP contribution is 2.22. The Labute approximate surface area is 144 Å². The first-order valence-corrected chi connectivity index (χ1v) is 9.89. The molecule has 0 saturated carbocycles. The lowest BCUT2D eigenvalue weighted by Crippen LogP contribution is -2.26. The van der Waals surface area contributed by atoms with Crippen LogP contribution in [0.2, 0.25) is 0 Å². The van der Waals surface area contributed by atoms with E-state index in [4.69, 9.17) is 4.42 Å². The molecule has 0 spiro atoms. The number of nitrogens with zero attached hydrogens (tertiary/aromatic N) is 2. The van der Waals surface area contributed by atoms with Crippen molar-refractivity contribution in [2.75, 3.05) is 6.54 Å². The highest BCUT2D eigenvalue weighted by Gasteiger charge is 2.14. The van der Waals surface area contributed by atoms with E-state index in [0.29, 0.717) is 18.2 Å². The second kappa shape index (κ2) is 7.25. The van der Waals surface area contributed by atoms with Gasteiger partial charge in [-0.05, 0) is 35.6 Å². The molecule has 0 fully saturated rings. The van der Waals surface area contributed by atoms with Gasteiger partial charge in [0.1, 0.15) is 0 Å². The van der Waals surface area contributed by atoms with E-state index in [9.17, 15) is 8.42 Å². The minimum Gasteiger partial charge on any atom is -0.420 e. The molecule has 6 nitrogen and oxygen atoms in total. The zero-order chi connectivity index (χ0) is 17.0. The molecular weight excluding hydrogens is 346 g/mol. The van der Waals surface area contributed by atoms with E-state index in [-0.39, 0.29) is 11.4 Å². The van der Waals surface area contributed by atoms with E-state index in [1.807, 2.05) is 36.6 Å². The van der Waals surface area contributed by atoms with E-state index in [1.165, 1.54) is 11.3 Å². The summed E-state index contributed by atoms with van der Waals surface area (Å²) in [7, 11) is -3.53. The van der Waals surface area contributed by atoms with Gasteiger partial charge in [0.05, 0.1) is 9.77 Å². The highest BCUT2D eigenvalue weighted by molar-refractivity contribution is 7.89. The van der Waals surface area contributed by atoms with E-state index in [2.05, 4.69) is 14.9 Å². The number of benzene rings is 1. The minimum absolute atomic E-state index is 0.198. The summed E-state index contributed by atoms with van der Waals surface area (Å²) in [6, 6.07) is 10.7. The van der Waals surface area contributed by atoms with Crippen LogP contribution in [-0.2, 0) is 22.9 Å². The third-order valence-corrected chi connectivity index (χ3v) is 5.81. The summed E-state index contributed by atoms with van der Waals surface area (Å²) < 4.78 is 32.6. The Bertz CT molecular complexity index is 885. The minimum atomic E-state index is -3.53. The van der Waals surface area contributed by atoms with Gasteiger partial charge in [-0.2, -0.15) is 0 Å². The summed E-state index contributed by atoms with van der Waals surface area (Å²) in [6.45, 7) is 2.22. The average molecular weight is 363 g/mol. The number of hydrogen-bond donors (Lipinski definition) is 1. The monoisotopic (exact) mass is 363 g/mol. The van der Waals surface area contributed by atoms with Crippen LogP contribution in [0.3, 0.4) is 0 Å². The smallest absolute Gasteiger partial charge is 0.257 e. The number of hydrogen-bond acceptors (Lipinski definition) is 6. The van der Waals surface area contributed by atoms with Crippen LogP contribution in [0.25, 0.3) is 10.8 Å². The summed E-state index contributed by atoms with van der Waals surface area (Å²) in [5.41, 5.74) is 1.10. The van der Waals surface area contributed by atoms with Gasteiger partial charge < -0.3 is 4.42 Å². The fourth-order valence-electron chi connectivity index (χ4n) is 2.13. The van der Waals surface area contributed by atoms with Crippen molar-refractivity contribution in [1.82, 2.24) is 14.9 Å². The Kier molecular flexibility index (Phi) is 5.08. The van der Waals surface area contributed by atoms with Gasteiger partial charge in [-0.25, -0.2) is 13.1 Å². The van der Waals surface area contributed by atoms with Crippen molar-refractivity contribution >= 4 is 21.4 Å². The van der Waals surface area contributed by atoms with Crippen molar-refractivity contribution in [3.05, 3.63) is 53.2 Å². The second-order valence-electron chi connectivity index (χ2n) is 5.12. The molecule has 1 aromatic carbocycles. The van der Waals surface area contributed by atoms with Crippen LogP contribution in [-0.4, -0.2) is 25.2 Å². The summed E-state index contributed by atoms with van der Waals surface area (Å²) in [6.07, 6.45) is 1.21. The highest BCUT2D eigenvalue weighted by atomic mass is 32.2. The van der Waals surface area contributed by atoms with Crippen molar-refractivity contribution < 1.29 is 12.8 Å². The SMILES string of the molecule is CCc1ccc(S(=O)(=O)NCCc2nnc(-c3cccs3)o2)cc1. The standard InChI is InChI=1S/C16H17N3O3S2/c1-2-12-5-7-13(8-6-12)24(20,21)17-10-9-15-18-19-16(22-15)14-4-3-11-23-14/h3-8,11,17H,2,9-10H2,1H3. The number of aryl methyl sites for hydroxylation is 1. The van der Waals surface area contributed by atoms with Gasteiger partial charge in [-0.1, -0.05) is 25.1 Å². The molecule has 2 heterocycles. The van der Waals surface area contributed by atoms with Crippen molar-refractivity contribution in [2.45, 2.75) is 24.7 Å². The molecule has 0 aliphatic heterocycles. The van der Waals surface area contributed by atoms with Crippen LogP contribution < -0.4 is 4.72 Å². The largest absolute Gasteiger partial charge is 0.420 e. The lowest BCUT2D eigenvalue weighted by Gasteiger charge is -2.06. The molecule has 0 bridgehead atoms. The maximum absolute atomic E-state index is 12.2. The first kappa shape index (κ1) is 16.8. The predicted octanol–water partition coefficient (Wildman–Crippen LogP) is 2.88. The normalized spacial score (nSPS) is 11.7. The molecule has 1 N–H and O–H groups in total. The number of thiophene rings is 1. The summed E-state index contributed by atoms with van der Waals surface area (Å²) in [4.78, 5) is 1.15. The van der Waals surface area contributed by atoms with Crippen LogP contribution >= 0.6 is 11.3 Å². The van der Waals surface area contributed by atoms with Crippen molar-refractivity contribution in [2.24, 2.45) is 0 Å². The van der Waals surface area contributed by atoms with Crippen LogP contribution in [0, 0.1) is 0 Å². The van der Waals surface area contributed by atoms with Gasteiger partial charge in [0.15, 0.2) is 0 Å². The molecule has 0 amide bonds. The Morgan fingerprint density at radius 3 is 2.62 bits per heavy atom. The fraction of sp³-hybridized carbons (Fsp3) is 0.250. The summed E-state index contributed by atoms with van der Waals surface area (Å²) in [5.74, 6) is 0.862. The molecule has 8 heteroatoms. The number of sulfonamides is 1. The molecule has 0 radical (unpaired) electrons. The van der Waals surface area contributed by atoms with Gasteiger partial charge in [-0.15, -0.1) is 21.5 Å². The van der Waals surface area contributed by atoms with Crippen molar-refractivity contribution in [3.8, 4) is 10.8 Å². The topological polar surface area (TPSA) is 85.1 Å². The lowest BCUT2D eigenvalue weighted by atomic mass is 10.2. The van der Waals surface area contributed by atoms with Crippen molar-refractivity contribution in [3.63, 3.8) is 0 Å². The van der Waals surface area contributed by atoms with Gasteiger partial charge in [0, 0.05) is 13.0 Å². The van der Waals surface area contributed by atoms with E-state index in [1.54, 1.807) is 12.1 Å². The molecule has 0 unspecified atom stereocenters. The molecule has 3 aromatic rings. The number of nitrogens with one attached hydrogen (secondary N) is 1. The Morgan fingerprint density at radius 1 is 1.17 bits per heavy atom. The molecular formula is C16H17N3O3S2. The van der Waals surface area contributed by atoms with Gasteiger partial charge >= 0.3 is 0 Å². The van der Waals surface area contributed by atoms with Crippen LogP contribution in [0.15, 0.2) is 51.1 Å². The second-order valence-corrected chi connectivity index (χ2v) is 7.84. The van der Waals surface area contributed by atoms with Gasteiger partial charge in [-0.3, -0.25) is 0 Å².